The van der Waals surface area contributed by atoms with Crippen LogP contribution < -0.4 is 4.57 Å². The second kappa shape index (κ2) is 11.7. The van der Waals surface area contributed by atoms with Crippen molar-refractivity contribution in [3.63, 3.8) is 0 Å². The van der Waals surface area contributed by atoms with Crippen LogP contribution in [0.1, 0.15) is 0 Å². The zero-order valence-corrected chi connectivity index (χ0v) is 17.6. The maximum absolute atomic E-state index is 11.4. The minimum Gasteiger partial charge on any atom is -0.471 e. The first-order chi connectivity index (χ1) is 14.9. The van der Waals surface area contributed by atoms with E-state index in [-0.39, 0.29) is 5.88 Å². The predicted molar refractivity (Wildman–Crippen MR) is 98.5 cm³/mol. The van der Waals surface area contributed by atoms with Crippen molar-refractivity contribution >= 4 is 25.9 Å². The highest BCUT2D eigenvalue weighted by atomic mass is 32.3. The molecule has 0 bridgehead atoms. The lowest BCUT2D eigenvalue weighted by molar-refractivity contribution is -0.670. The van der Waals surface area contributed by atoms with Gasteiger partial charge in [0.15, 0.2) is 20.0 Å². The molecule has 0 aliphatic rings. The smallest absolute Gasteiger partial charge is 0.471 e. The van der Waals surface area contributed by atoms with Crippen molar-refractivity contribution in [3.05, 3.63) is 81.0 Å². The second-order valence-corrected chi connectivity index (χ2v) is 8.33. The largest absolute Gasteiger partial charge is 0.480 e. The molecule has 0 spiro atoms. The maximum atomic E-state index is 11.4. The molecule has 0 saturated heterocycles. The summed E-state index contributed by atoms with van der Waals surface area (Å²) in [5, 5.41) is 9.56. The molecule has 0 unspecified atom stereocenters. The first kappa shape index (κ1) is 29.2. The quantitative estimate of drug-likeness (QED) is 0.289. The Morgan fingerprint density at radius 3 is 1.70 bits per heavy atom. The van der Waals surface area contributed by atoms with Gasteiger partial charge in [0, 0.05) is 5.73 Å². The van der Waals surface area contributed by atoms with Crippen LogP contribution in [0.5, 0.6) is 0 Å². The SMILES string of the molecule is C=C=C=C=C=C=C=C=C=C=C(O)n1cc[n+](C)c1.O=S(=O)([N-]S(=O)(=O)C(F)(F)F)C(F)(F)F. The number of rotatable bonds is 3. The predicted octanol–water partition coefficient (Wildman–Crippen LogP) is 2.75. The summed E-state index contributed by atoms with van der Waals surface area (Å²) in [6, 6.07) is 0. The number of aromatic nitrogens is 2. The van der Waals surface area contributed by atoms with Gasteiger partial charge in [0.1, 0.15) is 12.4 Å². The van der Waals surface area contributed by atoms with Crippen molar-refractivity contribution in [1.29, 1.82) is 0 Å². The molecule has 0 aromatic carbocycles. The van der Waals surface area contributed by atoms with Crippen molar-refractivity contribution in [2.75, 3.05) is 0 Å². The fourth-order valence-electron chi connectivity index (χ4n) is 1.14. The monoisotopic (exact) mass is 513 g/mol. The van der Waals surface area contributed by atoms with Gasteiger partial charge in [-0.25, -0.2) is 21.4 Å². The molecule has 8 nitrogen and oxygen atoms in total. The average Bonchev–Trinajstić information content (AvgIpc) is 3.08. The molecule has 16 heteroatoms. The third-order valence-corrected chi connectivity index (χ3v) is 5.17. The van der Waals surface area contributed by atoms with Crippen molar-refractivity contribution in [2.45, 2.75) is 11.0 Å². The van der Waals surface area contributed by atoms with E-state index < -0.39 is 31.1 Å². The van der Waals surface area contributed by atoms with Gasteiger partial charge >= 0.3 is 16.9 Å². The lowest BCUT2D eigenvalue weighted by Crippen LogP contribution is -2.30. The molecule has 0 amide bonds. The number of hydrogen-bond donors (Lipinski definition) is 1. The number of aliphatic hydroxyl groups is 1. The molecule has 1 rings (SSSR count). The van der Waals surface area contributed by atoms with Gasteiger partial charge in [-0.2, -0.15) is 30.9 Å². The number of hydrogen-bond acceptors (Lipinski definition) is 5. The zero-order chi connectivity index (χ0) is 25.9. The Morgan fingerprint density at radius 2 is 1.33 bits per heavy atom. The molecule has 0 saturated carbocycles. The van der Waals surface area contributed by atoms with Crippen LogP contribution in [0.4, 0.5) is 26.3 Å². The number of aryl methyl sites for hydroxylation is 1. The number of nitrogens with zero attached hydrogens (tertiary/aromatic N) is 3. The van der Waals surface area contributed by atoms with Gasteiger partial charge in [-0.15, -0.1) is 0 Å². The lowest BCUT2D eigenvalue weighted by atomic mass is 10.6. The Balaban J connectivity index is 0.000000633. The fraction of sp³-hybridized carbons (Fsp3) is 0.176. The summed E-state index contributed by atoms with van der Waals surface area (Å²) in [6.07, 6.45) is 5.14. The number of sulfonamides is 2. The minimum atomic E-state index is -6.72. The topological polar surface area (TPSA) is 111 Å². The van der Waals surface area contributed by atoms with Crippen molar-refractivity contribution in [2.24, 2.45) is 7.05 Å². The van der Waals surface area contributed by atoms with Crippen LogP contribution in [0.15, 0.2) is 76.9 Å². The van der Waals surface area contributed by atoms with Crippen molar-refractivity contribution < 1.29 is 52.9 Å². The van der Waals surface area contributed by atoms with Gasteiger partial charge < -0.3 is 9.23 Å². The second-order valence-electron chi connectivity index (χ2n) is 4.90. The van der Waals surface area contributed by atoms with Gasteiger partial charge in [0.2, 0.25) is 0 Å². The number of alkyl halides is 6. The van der Waals surface area contributed by atoms with Gasteiger partial charge in [0.05, 0.1) is 7.05 Å². The first-order valence-electron chi connectivity index (χ1n) is 7.44. The highest BCUT2D eigenvalue weighted by Gasteiger charge is 2.46. The van der Waals surface area contributed by atoms with Crippen LogP contribution in [0.2, 0.25) is 0 Å². The van der Waals surface area contributed by atoms with E-state index in [1.807, 2.05) is 7.05 Å². The molecule has 0 aliphatic heterocycles. The molecule has 0 atom stereocenters. The van der Waals surface area contributed by atoms with E-state index in [1.54, 1.807) is 23.3 Å². The van der Waals surface area contributed by atoms with Crippen molar-refractivity contribution in [3.8, 4) is 0 Å². The minimum absolute atomic E-state index is 0.0982. The van der Waals surface area contributed by atoms with E-state index >= 15 is 0 Å². The molecule has 0 fully saturated rings. The van der Waals surface area contributed by atoms with Crippen LogP contribution in [0.3, 0.4) is 0 Å². The summed E-state index contributed by atoms with van der Waals surface area (Å²) < 4.78 is 112. The Bertz CT molecular complexity index is 1400. The molecule has 1 aromatic rings. The van der Waals surface area contributed by atoms with Crippen LogP contribution in [-0.2, 0) is 27.1 Å². The summed E-state index contributed by atoms with van der Waals surface area (Å²) in [6.45, 7) is 3.30. The van der Waals surface area contributed by atoms with Gasteiger partial charge in [-0.05, 0) is 46.7 Å². The van der Waals surface area contributed by atoms with Crippen LogP contribution >= 0.6 is 0 Å². The van der Waals surface area contributed by atoms with Crippen LogP contribution in [0, 0.1) is 0 Å². The van der Waals surface area contributed by atoms with E-state index in [0.29, 0.717) is 0 Å². The van der Waals surface area contributed by atoms with E-state index in [2.05, 4.69) is 58.2 Å². The van der Waals surface area contributed by atoms with E-state index in [1.165, 1.54) is 4.57 Å². The molecule has 1 aromatic heterocycles. The maximum Gasteiger partial charge on any atom is 0.480 e. The summed E-state index contributed by atoms with van der Waals surface area (Å²) in [5.41, 5.74) is 9.76. The van der Waals surface area contributed by atoms with Gasteiger partial charge in [0.25, 0.3) is 6.33 Å². The molecular formula is C17H9F6N3O5S2. The fourth-order valence-corrected chi connectivity index (χ4v) is 2.85. The van der Waals surface area contributed by atoms with E-state index in [9.17, 15) is 48.3 Å². The van der Waals surface area contributed by atoms with Crippen LogP contribution in [-0.4, -0.2) is 37.5 Å². The lowest BCUT2D eigenvalue weighted by Gasteiger charge is -2.22. The Labute approximate surface area is 182 Å². The van der Waals surface area contributed by atoms with E-state index in [0.717, 1.165) is 4.13 Å². The van der Waals surface area contributed by atoms with E-state index in [4.69, 9.17) is 0 Å². The summed E-state index contributed by atoms with van der Waals surface area (Å²) in [7, 11) is -11.6. The number of imidazole rings is 1. The summed E-state index contributed by atoms with van der Waals surface area (Å²) in [5.74, 6) is -0.0982. The molecule has 0 radical (unpaired) electrons. The Hall–Kier alpha value is -3.79. The molecule has 176 valence electrons. The highest BCUT2D eigenvalue weighted by Crippen LogP contribution is 2.36. The normalized spacial score (nSPS) is 10.6. The first-order valence-corrected chi connectivity index (χ1v) is 10.3. The number of halogens is 6. The van der Waals surface area contributed by atoms with Crippen LogP contribution in [0.25, 0.3) is 10.0 Å². The van der Waals surface area contributed by atoms with Gasteiger partial charge in [-0.1, -0.05) is 5.73 Å². The average molecular weight is 513 g/mol. The summed E-state index contributed by atoms with van der Waals surface area (Å²) >= 11 is 0. The molecule has 1 heterocycles. The standard InChI is InChI=1S/C15H8N2O.C2F6NO4S2/c1-3-4-5-6-7-8-9-10-11-15(18)17-13-12-16(2)14-17;3-1(4,5)14(10,11)9-15(12,13)2(6,7)8/h12-14H,1H2,2H3;/q;-1/p+1. The third kappa shape index (κ3) is 10.4. The van der Waals surface area contributed by atoms with Gasteiger partial charge in [-0.3, -0.25) is 0 Å². The Morgan fingerprint density at radius 1 is 0.909 bits per heavy atom. The van der Waals surface area contributed by atoms with Crippen molar-refractivity contribution in [1.82, 2.24) is 4.57 Å². The number of aliphatic hydroxyl groups excluding tert-OH is 1. The molecule has 33 heavy (non-hydrogen) atoms. The molecular weight excluding hydrogens is 504 g/mol. The zero-order valence-electron chi connectivity index (χ0n) is 15.9. The third-order valence-electron chi connectivity index (χ3n) is 2.43. The highest BCUT2D eigenvalue weighted by molar-refractivity contribution is 8.13. The Kier molecular flexibility index (Phi) is 10.4. The molecule has 0 aliphatic carbocycles. The summed E-state index contributed by atoms with van der Waals surface area (Å²) in [4.78, 5) is 0. The molecule has 1 N–H and O–H groups in total.